The first kappa shape index (κ1) is 27.3. The number of rotatable bonds is 6. The van der Waals surface area contributed by atoms with Crippen molar-refractivity contribution in [2.75, 3.05) is 0 Å². The molecule has 0 aliphatic heterocycles. The summed E-state index contributed by atoms with van der Waals surface area (Å²) in [4.78, 5) is 0. The van der Waals surface area contributed by atoms with E-state index in [2.05, 4.69) is 39.7 Å². The number of benzene rings is 1. The average molecular weight is 492 g/mol. The van der Waals surface area contributed by atoms with E-state index in [0.717, 1.165) is 22.6 Å². The van der Waals surface area contributed by atoms with Crippen LogP contribution in [0.1, 0.15) is 128 Å². The Kier molecular flexibility index (Phi) is 11.9. The molecule has 0 aromatic heterocycles. The normalized spacial score (nSPS) is 24.2. The Bertz CT molecular complexity index is 592. The lowest BCUT2D eigenvalue weighted by molar-refractivity contribution is 0.486. The lowest BCUT2D eigenvalue weighted by Crippen LogP contribution is -2.36. The van der Waals surface area contributed by atoms with E-state index in [1.807, 2.05) is 10.6 Å². The number of hydrogen-bond acceptors (Lipinski definition) is 0. The Balaban J connectivity index is 0.00000133. The fraction of sp³-hybridized carbons (Fsp3) is 0.800. The van der Waals surface area contributed by atoms with Crippen LogP contribution in [0, 0.1) is 0 Å². The first-order chi connectivity index (χ1) is 16.9. The van der Waals surface area contributed by atoms with E-state index < -0.39 is 0 Å². The van der Waals surface area contributed by atoms with Crippen molar-refractivity contribution in [3.63, 3.8) is 0 Å². The third-order valence-electron chi connectivity index (χ3n) is 9.31. The van der Waals surface area contributed by atoms with Crippen molar-refractivity contribution in [2.45, 2.75) is 151 Å². The van der Waals surface area contributed by atoms with Crippen LogP contribution in [-0.2, 0) is 0 Å². The second-order valence-electron chi connectivity index (χ2n) is 11.5. The van der Waals surface area contributed by atoms with Crippen molar-refractivity contribution in [1.82, 2.24) is 0 Å². The van der Waals surface area contributed by atoms with E-state index in [4.69, 9.17) is 0 Å². The Labute approximate surface area is 216 Å². The summed E-state index contributed by atoms with van der Waals surface area (Å²) >= 11 is 0. The molecule has 0 heterocycles. The van der Waals surface area contributed by atoms with Crippen LogP contribution in [0.15, 0.2) is 24.3 Å². The van der Waals surface area contributed by atoms with Crippen LogP contribution in [-0.4, -0.2) is 38.1 Å². The summed E-state index contributed by atoms with van der Waals surface area (Å²) in [5.74, 6) is 0. The summed E-state index contributed by atoms with van der Waals surface area (Å²) in [5.41, 5.74) is 4.16. The maximum atomic E-state index is 4.00. The molecule has 0 nitrogen and oxygen atoms in total. The molecule has 184 valence electrons. The van der Waals surface area contributed by atoms with E-state index in [1.54, 1.807) is 51.4 Å². The third-order valence-corrected chi connectivity index (χ3v) is 16.6. The molecular formula is C30H48B2P2. The maximum absolute atomic E-state index is 4.00. The summed E-state index contributed by atoms with van der Waals surface area (Å²) in [5, 5.41) is 3.90. The molecule has 0 spiro atoms. The van der Waals surface area contributed by atoms with Gasteiger partial charge in [-0.15, -0.1) is 0 Å². The topological polar surface area (TPSA) is 0 Å². The van der Waals surface area contributed by atoms with Gasteiger partial charge in [0.05, 0.1) is 0 Å². The molecule has 0 bridgehead atoms. The van der Waals surface area contributed by atoms with Crippen LogP contribution < -0.4 is 10.6 Å². The van der Waals surface area contributed by atoms with Crippen LogP contribution in [0.2, 0.25) is 0 Å². The number of hydrogen-bond donors (Lipinski definition) is 0. The van der Waals surface area contributed by atoms with Gasteiger partial charge in [0.25, 0.3) is 0 Å². The molecule has 0 N–H and O–H groups in total. The summed E-state index contributed by atoms with van der Waals surface area (Å²) in [6.07, 6.45) is 30.5. The second kappa shape index (κ2) is 14.8. The highest BCUT2D eigenvalue weighted by Crippen LogP contribution is 2.59. The molecule has 0 saturated heterocycles. The molecule has 4 saturated carbocycles. The van der Waals surface area contributed by atoms with Gasteiger partial charge in [-0.05, 0) is 84.6 Å². The first-order valence-electron chi connectivity index (χ1n) is 14.9. The minimum Gasteiger partial charge on any atom is -0.0683 e. The molecule has 0 amide bonds. The zero-order valence-corrected chi connectivity index (χ0v) is 23.6. The lowest BCUT2D eigenvalue weighted by atomic mass is 9.81. The van der Waals surface area contributed by atoms with Crippen molar-refractivity contribution in [2.24, 2.45) is 0 Å². The summed E-state index contributed by atoms with van der Waals surface area (Å²) in [6.45, 7) is 0. The summed E-state index contributed by atoms with van der Waals surface area (Å²) in [7, 11) is 8.06. The minimum absolute atomic E-state index is 0.0288. The second-order valence-corrected chi connectivity index (χ2v) is 17.0. The van der Waals surface area contributed by atoms with Gasteiger partial charge in [-0.25, -0.2) is 0 Å². The van der Waals surface area contributed by atoms with Gasteiger partial charge >= 0.3 is 0 Å². The molecule has 0 atom stereocenters. The van der Waals surface area contributed by atoms with Crippen molar-refractivity contribution >= 4 is 41.9 Å². The van der Waals surface area contributed by atoms with Gasteiger partial charge in [-0.2, -0.15) is 0 Å². The molecule has 34 heavy (non-hydrogen) atoms. The molecule has 4 fully saturated rings. The fourth-order valence-electron chi connectivity index (χ4n) is 7.72. The fourth-order valence-corrected chi connectivity index (χ4v) is 16.1. The van der Waals surface area contributed by atoms with Gasteiger partial charge in [0, 0.05) is 15.5 Å². The third kappa shape index (κ3) is 6.95. The van der Waals surface area contributed by atoms with Gasteiger partial charge < -0.3 is 0 Å². The van der Waals surface area contributed by atoms with Gasteiger partial charge in [-0.1, -0.05) is 117 Å². The molecule has 1 aromatic carbocycles. The highest BCUT2D eigenvalue weighted by Gasteiger charge is 2.38. The molecule has 4 radical (unpaired) electrons. The van der Waals surface area contributed by atoms with Gasteiger partial charge in [-0.3, -0.25) is 0 Å². The Morgan fingerprint density at radius 1 is 0.412 bits per heavy atom. The van der Waals surface area contributed by atoms with Crippen LogP contribution in [0.5, 0.6) is 0 Å². The van der Waals surface area contributed by atoms with E-state index in [-0.39, 0.29) is 15.8 Å². The molecule has 4 heteroatoms. The minimum atomic E-state index is 0.0288. The molecular weight excluding hydrogens is 444 g/mol. The van der Waals surface area contributed by atoms with Gasteiger partial charge in [0.1, 0.15) is 0 Å². The summed E-state index contributed by atoms with van der Waals surface area (Å²) < 4.78 is 0. The van der Waals surface area contributed by atoms with Gasteiger partial charge in [0.15, 0.2) is 0 Å². The van der Waals surface area contributed by atoms with E-state index >= 15 is 0 Å². The molecule has 5 rings (SSSR count). The first-order valence-corrected chi connectivity index (χ1v) is 17.9. The van der Waals surface area contributed by atoms with Gasteiger partial charge in [0.2, 0.25) is 0 Å². The van der Waals surface area contributed by atoms with Crippen molar-refractivity contribution in [3.05, 3.63) is 24.3 Å². The van der Waals surface area contributed by atoms with E-state index in [9.17, 15) is 0 Å². The highest BCUT2D eigenvalue weighted by atomic mass is 31.1. The zero-order valence-electron chi connectivity index (χ0n) is 21.8. The zero-order chi connectivity index (χ0) is 23.6. The van der Waals surface area contributed by atoms with Crippen LogP contribution in [0.25, 0.3) is 0 Å². The Morgan fingerprint density at radius 2 is 0.647 bits per heavy atom. The molecule has 4 aliphatic rings. The average Bonchev–Trinajstić information content (AvgIpc) is 2.93. The van der Waals surface area contributed by atoms with Crippen molar-refractivity contribution < 1.29 is 0 Å². The van der Waals surface area contributed by atoms with Crippen LogP contribution >= 0.6 is 15.8 Å². The largest absolute Gasteiger partial charge is 0.0683 e. The standard InChI is InChI=1S/C30H48P2.B2/c1-5-15-25(16-6-1)31(26-17-7-2-8-18-26)29-23-13-14-24-30(29)32(27-19-9-3-10-20-27)28-21-11-4-12-22-28;1-2/h13-14,23-28H,1-12,15-22H2;. The van der Waals surface area contributed by atoms with E-state index in [1.165, 1.54) is 77.0 Å². The molecule has 4 aliphatic carbocycles. The van der Waals surface area contributed by atoms with Crippen molar-refractivity contribution in [1.29, 1.82) is 0 Å². The molecule has 0 unspecified atom stereocenters. The SMILES string of the molecule is [B][B].c1ccc(P(C2CCCCC2)C2CCCCC2)c(P(C2CCCCC2)C2CCCCC2)c1. The predicted octanol–water partition coefficient (Wildman–Crippen LogP) is 8.47. The Hall–Kier alpha value is 0.210. The van der Waals surface area contributed by atoms with Crippen molar-refractivity contribution in [3.8, 4) is 0 Å². The summed E-state index contributed by atoms with van der Waals surface area (Å²) in [6, 6.07) is 10.3. The molecule has 1 aromatic rings. The predicted molar refractivity (Wildman–Crippen MR) is 159 cm³/mol. The monoisotopic (exact) mass is 492 g/mol. The lowest BCUT2D eigenvalue weighted by Gasteiger charge is -2.43. The Morgan fingerprint density at radius 3 is 0.882 bits per heavy atom. The van der Waals surface area contributed by atoms with Crippen LogP contribution in [0.3, 0.4) is 0 Å². The smallest absolute Gasteiger partial charge is 0 e. The van der Waals surface area contributed by atoms with Crippen LogP contribution in [0.4, 0.5) is 0 Å². The maximum Gasteiger partial charge on any atom is 0 e. The quantitative estimate of drug-likeness (QED) is 0.276. The highest BCUT2D eigenvalue weighted by molar-refractivity contribution is 7.73. The van der Waals surface area contributed by atoms with E-state index in [0.29, 0.717) is 0 Å².